The Hall–Kier alpha value is -3.21. The molecule has 5 nitrogen and oxygen atoms in total. The van der Waals surface area contributed by atoms with Gasteiger partial charge in [0, 0.05) is 52.0 Å². The number of pyridine rings is 2. The highest BCUT2D eigenvalue weighted by Gasteiger charge is 2.19. The standard InChI is InChI=1S/C20H17N3O.CH2O/c1-2-15(3-1)24-20-7-5-14(11-22-20)13-4-6-16-17-12-21-9-8-18(17)23-19(16)10-13;1-2/h4-12,15,23H,1-3H2;1H2. The van der Waals surface area contributed by atoms with E-state index in [1.807, 2.05) is 37.5 Å². The zero-order valence-electron chi connectivity index (χ0n) is 14.3. The number of hydrogen-bond donors (Lipinski definition) is 1. The molecule has 0 saturated heterocycles. The van der Waals surface area contributed by atoms with Crippen molar-refractivity contribution in [3.63, 3.8) is 0 Å². The number of nitrogens with one attached hydrogen (secondary N) is 1. The van der Waals surface area contributed by atoms with E-state index in [1.54, 1.807) is 0 Å². The van der Waals surface area contributed by atoms with Crippen LogP contribution in [0.1, 0.15) is 19.3 Å². The fraction of sp³-hybridized carbons (Fsp3) is 0.190. The molecule has 0 spiro atoms. The van der Waals surface area contributed by atoms with Gasteiger partial charge in [0.05, 0.1) is 0 Å². The topological polar surface area (TPSA) is 67.9 Å². The summed E-state index contributed by atoms with van der Waals surface area (Å²) in [5.41, 5.74) is 4.46. The summed E-state index contributed by atoms with van der Waals surface area (Å²) in [6.45, 7) is 2.00. The molecule has 1 aliphatic rings. The SMILES string of the molecule is C=O.c1cc2[nH]c3cc(-c4ccc(OC5CCC5)nc4)ccc3c2cn1. The maximum Gasteiger partial charge on any atom is 0.213 e. The number of rotatable bonds is 3. The van der Waals surface area contributed by atoms with E-state index in [9.17, 15) is 0 Å². The number of aromatic nitrogens is 3. The zero-order chi connectivity index (χ0) is 17.9. The fourth-order valence-corrected chi connectivity index (χ4v) is 3.21. The van der Waals surface area contributed by atoms with Gasteiger partial charge in [0.2, 0.25) is 5.88 Å². The second-order valence-electron chi connectivity index (χ2n) is 6.36. The van der Waals surface area contributed by atoms with Crippen molar-refractivity contribution in [1.29, 1.82) is 0 Å². The molecule has 5 rings (SSSR count). The minimum atomic E-state index is 0.361. The number of ether oxygens (including phenoxy) is 1. The molecular weight excluding hydrogens is 326 g/mol. The van der Waals surface area contributed by atoms with Crippen LogP contribution < -0.4 is 4.74 Å². The lowest BCUT2D eigenvalue weighted by Crippen LogP contribution is -2.24. The minimum Gasteiger partial charge on any atom is -0.474 e. The molecule has 0 unspecified atom stereocenters. The van der Waals surface area contributed by atoms with Crippen LogP contribution in [0.25, 0.3) is 32.9 Å². The molecule has 1 saturated carbocycles. The first-order chi connectivity index (χ1) is 12.9. The highest BCUT2D eigenvalue weighted by atomic mass is 16.5. The van der Waals surface area contributed by atoms with Gasteiger partial charge in [-0.05, 0) is 43.0 Å². The van der Waals surface area contributed by atoms with Crippen molar-refractivity contribution in [2.24, 2.45) is 0 Å². The molecule has 0 amide bonds. The summed E-state index contributed by atoms with van der Waals surface area (Å²) >= 11 is 0. The molecule has 0 bridgehead atoms. The summed E-state index contributed by atoms with van der Waals surface area (Å²) in [7, 11) is 0. The number of H-pyrrole nitrogens is 1. The molecule has 1 fully saturated rings. The number of hydrogen-bond acceptors (Lipinski definition) is 4. The van der Waals surface area contributed by atoms with Crippen LogP contribution in [0, 0.1) is 0 Å². The third-order valence-corrected chi connectivity index (χ3v) is 4.81. The third-order valence-electron chi connectivity index (χ3n) is 4.81. The Morgan fingerprint density at radius 1 is 0.962 bits per heavy atom. The Morgan fingerprint density at radius 3 is 2.54 bits per heavy atom. The fourth-order valence-electron chi connectivity index (χ4n) is 3.21. The molecule has 0 radical (unpaired) electrons. The van der Waals surface area contributed by atoms with Crippen molar-refractivity contribution in [1.82, 2.24) is 15.0 Å². The monoisotopic (exact) mass is 345 g/mol. The predicted octanol–water partition coefficient (Wildman–Crippen LogP) is 4.52. The van der Waals surface area contributed by atoms with Crippen LogP contribution >= 0.6 is 0 Å². The van der Waals surface area contributed by atoms with Crippen LogP contribution in [0.4, 0.5) is 0 Å². The number of carbonyl (C=O) groups excluding carboxylic acids is 1. The van der Waals surface area contributed by atoms with E-state index in [4.69, 9.17) is 9.53 Å². The molecule has 1 aromatic carbocycles. The molecule has 3 aromatic heterocycles. The molecule has 1 aliphatic carbocycles. The number of fused-ring (bicyclic) bond motifs is 3. The van der Waals surface area contributed by atoms with Crippen LogP contribution in [0.15, 0.2) is 55.0 Å². The van der Waals surface area contributed by atoms with Crippen molar-refractivity contribution in [2.75, 3.05) is 0 Å². The quantitative estimate of drug-likeness (QED) is 0.592. The van der Waals surface area contributed by atoms with Crippen molar-refractivity contribution in [3.8, 4) is 17.0 Å². The van der Waals surface area contributed by atoms with E-state index >= 15 is 0 Å². The first-order valence-electron chi connectivity index (χ1n) is 8.64. The molecule has 5 heteroatoms. The molecule has 26 heavy (non-hydrogen) atoms. The Labute approximate surface area is 151 Å². The summed E-state index contributed by atoms with van der Waals surface area (Å²) in [5, 5.41) is 2.35. The summed E-state index contributed by atoms with van der Waals surface area (Å²) in [4.78, 5) is 20.1. The lowest BCUT2D eigenvalue weighted by Gasteiger charge is -2.25. The van der Waals surface area contributed by atoms with Crippen LogP contribution in [-0.2, 0) is 4.79 Å². The molecule has 4 aromatic rings. The van der Waals surface area contributed by atoms with E-state index in [1.165, 1.54) is 11.8 Å². The zero-order valence-corrected chi connectivity index (χ0v) is 14.3. The minimum absolute atomic E-state index is 0.361. The van der Waals surface area contributed by atoms with E-state index in [-0.39, 0.29) is 0 Å². The third kappa shape index (κ3) is 2.92. The highest BCUT2D eigenvalue weighted by molar-refractivity contribution is 6.07. The first-order valence-corrected chi connectivity index (χ1v) is 8.64. The van der Waals surface area contributed by atoms with Gasteiger partial charge in [-0.2, -0.15) is 0 Å². The summed E-state index contributed by atoms with van der Waals surface area (Å²) in [5.74, 6) is 0.723. The van der Waals surface area contributed by atoms with Crippen LogP contribution in [0.3, 0.4) is 0 Å². The van der Waals surface area contributed by atoms with Gasteiger partial charge in [0.1, 0.15) is 12.9 Å². The van der Waals surface area contributed by atoms with E-state index in [0.29, 0.717) is 6.10 Å². The Balaban J connectivity index is 0.000000814. The van der Waals surface area contributed by atoms with Gasteiger partial charge in [-0.15, -0.1) is 0 Å². The lowest BCUT2D eigenvalue weighted by molar-refractivity contribution is -0.0979. The summed E-state index contributed by atoms with van der Waals surface area (Å²) in [6.07, 6.45) is 9.53. The Morgan fingerprint density at radius 2 is 1.81 bits per heavy atom. The van der Waals surface area contributed by atoms with Crippen LogP contribution in [0.5, 0.6) is 5.88 Å². The van der Waals surface area contributed by atoms with Crippen LogP contribution in [-0.4, -0.2) is 27.8 Å². The van der Waals surface area contributed by atoms with E-state index < -0.39 is 0 Å². The first kappa shape index (κ1) is 16.3. The summed E-state index contributed by atoms with van der Waals surface area (Å²) in [6, 6.07) is 12.5. The number of aromatic amines is 1. The second-order valence-corrected chi connectivity index (χ2v) is 6.36. The maximum atomic E-state index is 8.00. The van der Waals surface area contributed by atoms with Crippen LogP contribution in [0.2, 0.25) is 0 Å². The Bertz CT molecular complexity index is 1040. The maximum absolute atomic E-state index is 8.00. The molecule has 130 valence electrons. The van der Waals surface area contributed by atoms with E-state index in [0.717, 1.165) is 46.3 Å². The summed E-state index contributed by atoms with van der Waals surface area (Å²) < 4.78 is 5.83. The van der Waals surface area contributed by atoms with Gasteiger partial charge in [-0.25, -0.2) is 4.98 Å². The van der Waals surface area contributed by atoms with Gasteiger partial charge < -0.3 is 14.5 Å². The van der Waals surface area contributed by atoms with Gasteiger partial charge in [0.15, 0.2) is 0 Å². The predicted molar refractivity (Wildman–Crippen MR) is 102 cm³/mol. The van der Waals surface area contributed by atoms with E-state index in [2.05, 4.69) is 39.2 Å². The van der Waals surface area contributed by atoms with Crippen molar-refractivity contribution < 1.29 is 9.53 Å². The molecule has 0 atom stereocenters. The van der Waals surface area contributed by atoms with Crippen molar-refractivity contribution in [3.05, 3.63) is 55.0 Å². The molecule has 1 N–H and O–H groups in total. The molecular formula is C21H19N3O2. The average Bonchev–Trinajstić information content (AvgIpc) is 3.04. The lowest BCUT2D eigenvalue weighted by atomic mass is 9.96. The van der Waals surface area contributed by atoms with Crippen molar-refractivity contribution in [2.45, 2.75) is 25.4 Å². The smallest absolute Gasteiger partial charge is 0.213 e. The van der Waals surface area contributed by atoms with Crippen molar-refractivity contribution >= 4 is 28.6 Å². The number of carbonyl (C=O) groups is 1. The number of nitrogens with zero attached hydrogens (tertiary/aromatic N) is 2. The largest absolute Gasteiger partial charge is 0.474 e. The average molecular weight is 345 g/mol. The molecule has 3 heterocycles. The highest BCUT2D eigenvalue weighted by Crippen LogP contribution is 2.30. The second kappa shape index (κ2) is 6.96. The van der Waals surface area contributed by atoms with Gasteiger partial charge in [-0.3, -0.25) is 4.98 Å². The molecule has 0 aliphatic heterocycles. The Kier molecular flexibility index (Phi) is 4.35. The number of benzene rings is 1. The van der Waals surface area contributed by atoms with Gasteiger partial charge in [-0.1, -0.05) is 12.1 Å². The van der Waals surface area contributed by atoms with Gasteiger partial charge >= 0.3 is 0 Å². The normalized spacial score (nSPS) is 13.8. The van der Waals surface area contributed by atoms with Gasteiger partial charge in [0.25, 0.3) is 0 Å².